The molecule has 2 unspecified atom stereocenters. The molecule has 1 saturated heterocycles. The maximum Gasteiger partial charge on any atom is 0.273 e. The molecule has 1 fully saturated rings. The number of nitrogens with zero attached hydrogens (tertiary/aromatic N) is 2. The number of carbonyl (C=O) groups is 1. The summed E-state index contributed by atoms with van der Waals surface area (Å²) in [5, 5.41) is 6.01. The number of amides is 1. The molecular formula is C14H17N3O2S. The third-order valence-electron chi connectivity index (χ3n) is 3.79. The van der Waals surface area contributed by atoms with Crippen molar-refractivity contribution in [2.75, 3.05) is 13.1 Å². The molecule has 2 aromatic heterocycles. The van der Waals surface area contributed by atoms with Crippen molar-refractivity contribution in [1.29, 1.82) is 0 Å². The summed E-state index contributed by atoms with van der Waals surface area (Å²) in [5.41, 5.74) is 1.43. The summed E-state index contributed by atoms with van der Waals surface area (Å²) in [6.07, 6.45) is 3.25. The van der Waals surface area contributed by atoms with Gasteiger partial charge in [0.25, 0.3) is 5.91 Å². The third-order valence-corrected chi connectivity index (χ3v) is 4.68. The molecule has 1 aliphatic rings. The topological polar surface area (TPSA) is 58.4 Å². The van der Waals surface area contributed by atoms with Crippen LogP contribution in [0, 0.1) is 0 Å². The van der Waals surface area contributed by atoms with Gasteiger partial charge in [0.15, 0.2) is 0 Å². The summed E-state index contributed by atoms with van der Waals surface area (Å²) >= 11 is 1.47. The smallest absolute Gasteiger partial charge is 0.273 e. The molecule has 0 aliphatic carbocycles. The van der Waals surface area contributed by atoms with E-state index in [1.165, 1.54) is 11.3 Å². The standard InChI is InChI=1S/C14H17N3O2S/c1-9-10(2)17(5-4-15-9)14(18)12-8-20-13(16-12)11-3-6-19-7-11/h3,6-10,15H,4-5H2,1-2H3. The predicted octanol–water partition coefficient (Wildman–Crippen LogP) is 2.23. The van der Waals surface area contributed by atoms with Crippen molar-refractivity contribution in [1.82, 2.24) is 15.2 Å². The van der Waals surface area contributed by atoms with Gasteiger partial charge in [-0.2, -0.15) is 0 Å². The highest BCUT2D eigenvalue weighted by Gasteiger charge is 2.29. The number of thiazole rings is 1. The minimum atomic E-state index is 0.0110. The Hall–Kier alpha value is -1.66. The van der Waals surface area contributed by atoms with E-state index in [0.29, 0.717) is 11.7 Å². The molecule has 2 atom stereocenters. The van der Waals surface area contributed by atoms with Gasteiger partial charge < -0.3 is 14.6 Å². The summed E-state index contributed by atoms with van der Waals surface area (Å²) in [6, 6.07) is 2.33. The van der Waals surface area contributed by atoms with Crippen LogP contribution >= 0.6 is 11.3 Å². The molecule has 3 heterocycles. The van der Waals surface area contributed by atoms with Gasteiger partial charge >= 0.3 is 0 Å². The summed E-state index contributed by atoms with van der Waals surface area (Å²) in [6.45, 7) is 5.72. The number of furan rings is 1. The molecular weight excluding hydrogens is 274 g/mol. The van der Waals surface area contributed by atoms with Crippen LogP contribution < -0.4 is 5.32 Å². The SMILES string of the molecule is CC1NCCN(C(=O)c2csc(-c3ccoc3)n2)C1C. The number of rotatable bonds is 2. The van der Waals surface area contributed by atoms with Gasteiger partial charge in [-0.3, -0.25) is 4.79 Å². The van der Waals surface area contributed by atoms with Crippen LogP contribution in [0.4, 0.5) is 0 Å². The average molecular weight is 291 g/mol. The largest absolute Gasteiger partial charge is 0.472 e. The van der Waals surface area contributed by atoms with Crippen molar-refractivity contribution >= 4 is 17.2 Å². The molecule has 5 nitrogen and oxygen atoms in total. The predicted molar refractivity (Wildman–Crippen MR) is 77.8 cm³/mol. The van der Waals surface area contributed by atoms with Gasteiger partial charge in [0.05, 0.1) is 6.26 Å². The fourth-order valence-electron chi connectivity index (χ4n) is 2.38. The fourth-order valence-corrected chi connectivity index (χ4v) is 3.16. The molecule has 1 N–H and O–H groups in total. The Kier molecular flexibility index (Phi) is 3.58. The van der Waals surface area contributed by atoms with E-state index in [1.807, 2.05) is 16.3 Å². The van der Waals surface area contributed by atoms with Crippen LogP contribution in [0.3, 0.4) is 0 Å². The Morgan fingerprint density at radius 3 is 3.15 bits per heavy atom. The summed E-state index contributed by atoms with van der Waals surface area (Å²) in [7, 11) is 0. The van der Waals surface area contributed by atoms with Gasteiger partial charge in [0, 0.05) is 36.1 Å². The molecule has 2 aromatic rings. The normalized spacial score (nSPS) is 23.0. The molecule has 1 aliphatic heterocycles. The first-order chi connectivity index (χ1) is 9.66. The maximum atomic E-state index is 12.6. The average Bonchev–Trinajstić information content (AvgIpc) is 3.11. The van der Waals surface area contributed by atoms with E-state index in [1.54, 1.807) is 12.5 Å². The van der Waals surface area contributed by atoms with Crippen molar-refractivity contribution in [3.63, 3.8) is 0 Å². The first kappa shape index (κ1) is 13.3. The van der Waals surface area contributed by atoms with Crippen LogP contribution in [0.2, 0.25) is 0 Å². The van der Waals surface area contributed by atoms with Crippen LogP contribution in [-0.4, -0.2) is 41.0 Å². The zero-order chi connectivity index (χ0) is 14.1. The summed E-state index contributed by atoms with van der Waals surface area (Å²) < 4.78 is 5.05. The highest BCUT2D eigenvalue weighted by molar-refractivity contribution is 7.13. The van der Waals surface area contributed by atoms with E-state index in [4.69, 9.17) is 4.42 Å². The van der Waals surface area contributed by atoms with Crippen molar-refractivity contribution < 1.29 is 9.21 Å². The molecule has 0 saturated carbocycles. The number of hydrogen-bond acceptors (Lipinski definition) is 5. The van der Waals surface area contributed by atoms with Gasteiger partial charge in [-0.25, -0.2) is 4.98 Å². The summed E-state index contributed by atoms with van der Waals surface area (Å²) in [4.78, 5) is 18.9. The van der Waals surface area contributed by atoms with Crippen LogP contribution in [0.5, 0.6) is 0 Å². The summed E-state index contributed by atoms with van der Waals surface area (Å²) in [5.74, 6) is 0.0110. The van der Waals surface area contributed by atoms with Crippen molar-refractivity contribution in [3.05, 3.63) is 29.7 Å². The lowest BCUT2D eigenvalue weighted by Gasteiger charge is -2.38. The second-order valence-electron chi connectivity index (χ2n) is 5.03. The lowest BCUT2D eigenvalue weighted by atomic mass is 10.1. The second kappa shape index (κ2) is 5.38. The van der Waals surface area contributed by atoms with E-state index in [9.17, 15) is 4.79 Å². The van der Waals surface area contributed by atoms with Crippen LogP contribution in [0.25, 0.3) is 10.6 Å². The van der Waals surface area contributed by atoms with E-state index in [0.717, 1.165) is 23.7 Å². The highest BCUT2D eigenvalue weighted by Crippen LogP contribution is 2.25. The van der Waals surface area contributed by atoms with E-state index in [2.05, 4.69) is 24.1 Å². The van der Waals surface area contributed by atoms with Crippen LogP contribution in [0.1, 0.15) is 24.3 Å². The maximum absolute atomic E-state index is 12.6. The number of carbonyl (C=O) groups excluding carboxylic acids is 1. The van der Waals surface area contributed by atoms with Gasteiger partial charge in [-0.05, 0) is 19.9 Å². The van der Waals surface area contributed by atoms with Crippen LogP contribution in [0.15, 0.2) is 28.4 Å². The zero-order valence-electron chi connectivity index (χ0n) is 11.5. The van der Waals surface area contributed by atoms with Crippen LogP contribution in [-0.2, 0) is 0 Å². The molecule has 0 spiro atoms. The first-order valence-electron chi connectivity index (χ1n) is 6.69. The fraction of sp³-hybridized carbons (Fsp3) is 0.429. The molecule has 3 rings (SSSR count). The quantitative estimate of drug-likeness (QED) is 0.922. The Balaban J connectivity index is 1.81. The van der Waals surface area contributed by atoms with E-state index < -0.39 is 0 Å². The van der Waals surface area contributed by atoms with Gasteiger partial charge in [0.2, 0.25) is 0 Å². The third kappa shape index (κ3) is 2.36. The lowest BCUT2D eigenvalue weighted by Crippen LogP contribution is -2.57. The Morgan fingerprint density at radius 2 is 2.40 bits per heavy atom. The van der Waals surface area contributed by atoms with Crippen molar-refractivity contribution in [2.24, 2.45) is 0 Å². The number of hydrogen-bond donors (Lipinski definition) is 1. The Labute approximate surface area is 121 Å². The molecule has 6 heteroatoms. The highest BCUT2D eigenvalue weighted by atomic mass is 32.1. The Morgan fingerprint density at radius 1 is 1.55 bits per heavy atom. The Bertz CT molecular complexity index is 593. The minimum Gasteiger partial charge on any atom is -0.472 e. The van der Waals surface area contributed by atoms with Gasteiger partial charge in [0.1, 0.15) is 17.0 Å². The zero-order valence-corrected chi connectivity index (χ0v) is 12.3. The minimum absolute atomic E-state index is 0.0110. The molecule has 0 aromatic carbocycles. The molecule has 1 amide bonds. The number of piperazine rings is 1. The lowest BCUT2D eigenvalue weighted by molar-refractivity contribution is 0.0598. The number of aromatic nitrogens is 1. The number of nitrogens with one attached hydrogen (secondary N) is 1. The molecule has 106 valence electrons. The molecule has 0 bridgehead atoms. The van der Waals surface area contributed by atoms with Crippen molar-refractivity contribution in [2.45, 2.75) is 25.9 Å². The molecule has 20 heavy (non-hydrogen) atoms. The first-order valence-corrected chi connectivity index (χ1v) is 7.57. The van der Waals surface area contributed by atoms with E-state index >= 15 is 0 Å². The second-order valence-corrected chi connectivity index (χ2v) is 5.89. The van der Waals surface area contributed by atoms with Gasteiger partial charge in [-0.1, -0.05) is 0 Å². The van der Waals surface area contributed by atoms with E-state index in [-0.39, 0.29) is 11.9 Å². The molecule has 0 radical (unpaired) electrons. The monoisotopic (exact) mass is 291 g/mol. The van der Waals surface area contributed by atoms with Crippen molar-refractivity contribution in [3.8, 4) is 10.6 Å². The van der Waals surface area contributed by atoms with Gasteiger partial charge in [-0.15, -0.1) is 11.3 Å².